The zero-order valence-electron chi connectivity index (χ0n) is 18.6. The number of unbranched alkanes of at least 4 members (excludes halogenated alkanes) is 1. The summed E-state index contributed by atoms with van der Waals surface area (Å²) in [5.74, 6) is 1.79. The highest BCUT2D eigenvalue weighted by Gasteiger charge is 2.15. The molecule has 8 nitrogen and oxygen atoms in total. The first kappa shape index (κ1) is 21.8. The lowest BCUT2D eigenvalue weighted by atomic mass is 10.1. The molecule has 2 aromatic heterocycles. The minimum Gasteiger partial charge on any atom is -0.496 e. The lowest BCUT2D eigenvalue weighted by Gasteiger charge is -2.21. The number of benzene rings is 1. The summed E-state index contributed by atoms with van der Waals surface area (Å²) in [6.45, 7) is 10.8. The lowest BCUT2D eigenvalue weighted by molar-refractivity contribution is 0.406. The molecule has 4 N–H and O–H groups in total. The smallest absolute Gasteiger partial charge is 0.222 e. The molecule has 0 unspecified atom stereocenters. The van der Waals surface area contributed by atoms with Crippen molar-refractivity contribution in [3.8, 4) is 5.75 Å². The average molecular weight is 412 g/mol. The standard InChI is InChI=1S/C22H33N7O/c1-6-7-10-24-20-19-17(27-21(23)28-20)13-26-29(19)14-16-11-15(8-9-18(16)30-5)12-25-22(2,3)4/h8-9,11,13,25H,6-7,10,12,14H2,1-5H3,(H3,23,24,27,28). The van der Waals surface area contributed by atoms with E-state index in [-0.39, 0.29) is 11.5 Å². The molecule has 0 atom stereocenters. The fraction of sp³-hybridized carbons (Fsp3) is 0.500. The molecule has 0 fully saturated rings. The highest BCUT2D eigenvalue weighted by Crippen LogP contribution is 2.26. The van der Waals surface area contributed by atoms with Gasteiger partial charge in [0.05, 0.1) is 19.9 Å². The second-order valence-electron chi connectivity index (χ2n) is 8.50. The normalized spacial score (nSPS) is 11.8. The third-order valence-electron chi connectivity index (χ3n) is 4.82. The summed E-state index contributed by atoms with van der Waals surface area (Å²) in [7, 11) is 1.69. The molecule has 0 saturated carbocycles. The average Bonchev–Trinajstić information content (AvgIpc) is 3.08. The van der Waals surface area contributed by atoms with Gasteiger partial charge in [0.2, 0.25) is 5.95 Å². The van der Waals surface area contributed by atoms with Crippen molar-refractivity contribution in [2.24, 2.45) is 0 Å². The van der Waals surface area contributed by atoms with Crippen LogP contribution in [-0.2, 0) is 13.1 Å². The number of nitrogens with one attached hydrogen (secondary N) is 2. The maximum atomic E-state index is 5.90. The van der Waals surface area contributed by atoms with E-state index in [1.54, 1.807) is 13.3 Å². The number of fused-ring (bicyclic) bond motifs is 1. The SMILES string of the molecule is CCCCNc1nc(N)nc2cnn(Cc3cc(CNC(C)(C)C)ccc3OC)c12. The summed E-state index contributed by atoms with van der Waals surface area (Å²) >= 11 is 0. The summed E-state index contributed by atoms with van der Waals surface area (Å²) in [5, 5.41) is 11.5. The monoisotopic (exact) mass is 411 g/mol. The number of hydrogen-bond donors (Lipinski definition) is 3. The van der Waals surface area contributed by atoms with E-state index < -0.39 is 0 Å². The topological polar surface area (TPSA) is 103 Å². The van der Waals surface area contributed by atoms with Crippen LogP contribution in [0.4, 0.5) is 11.8 Å². The van der Waals surface area contributed by atoms with Crippen molar-refractivity contribution < 1.29 is 4.74 Å². The number of methoxy groups -OCH3 is 1. The van der Waals surface area contributed by atoms with Gasteiger partial charge in [0, 0.05) is 24.2 Å². The molecule has 30 heavy (non-hydrogen) atoms. The van der Waals surface area contributed by atoms with Crippen LogP contribution in [0.15, 0.2) is 24.4 Å². The van der Waals surface area contributed by atoms with E-state index in [0.29, 0.717) is 12.4 Å². The van der Waals surface area contributed by atoms with Crippen LogP contribution in [0, 0.1) is 0 Å². The van der Waals surface area contributed by atoms with Crippen LogP contribution in [0.2, 0.25) is 0 Å². The van der Waals surface area contributed by atoms with E-state index in [2.05, 4.69) is 65.5 Å². The Labute approximate surface area is 178 Å². The van der Waals surface area contributed by atoms with Crippen molar-refractivity contribution >= 4 is 22.8 Å². The summed E-state index contributed by atoms with van der Waals surface area (Å²) in [5.41, 5.74) is 9.77. The van der Waals surface area contributed by atoms with Crippen molar-refractivity contribution in [2.45, 2.75) is 59.2 Å². The van der Waals surface area contributed by atoms with E-state index in [9.17, 15) is 0 Å². The fourth-order valence-electron chi connectivity index (χ4n) is 3.24. The first-order valence-corrected chi connectivity index (χ1v) is 10.4. The third-order valence-corrected chi connectivity index (χ3v) is 4.82. The van der Waals surface area contributed by atoms with E-state index in [4.69, 9.17) is 10.5 Å². The molecular weight excluding hydrogens is 378 g/mol. The summed E-state index contributed by atoms with van der Waals surface area (Å²) in [6.07, 6.45) is 3.88. The second kappa shape index (κ2) is 9.30. The molecule has 0 saturated heterocycles. The number of rotatable bonds is 9. The highest BCUT2D eigenvalue weighted by molar-refractivity contribution is 5.86. The summed E-state index contributed by atoms with van der Waals surface area (Å²) in [6, 6.07) is 6.26. The van der Waals surface area contributed by atoms with Gasteiger partial charge >= 0.3 is 0 Å². The molecule has 0 bridgehead atoms. The Morgan fingerprint density at radius 1 is 1.20 bits per heavy atom. The minimum absolute atomic E-state index is 0.0502. The van der Waals surface area contributed by atoms with Gasteiger partial charge in [0.25, 0.3) is 0 Å². The molecule has 0 aliphatic heterocycles. The van der Waals surface area contributed by atoms with Crippen LogP contribution in [0.3, 0.4) is 0 Å². The van der Waals surface area contributed by atoms with Gasteiger partial charge in [-0.1, -0.05) is 19.4 Å². The number of aromatic nitrogens is 4. The molecule has 0 aliphatic carbocycles. The van der Waals surface area contributed by atoms with Crippen LogP contribution in [0.1, 0.15) is 51.7 Å². The molecule has 2 heterocycles. The lowest BCUT2D eigenvalue weighted by Crippen LogP contribution is -2.35. The zero-order chi connectivity index (χ0) is 21.7. The van der Waals surface area contributed by atoms with E-state index >= 15 is 0 Å². The molecule has 3 aromatic rings. The van der Waals surface area contributed by atoms with Crippen LogP contribution in [0.5, 0.6) is 5.75 Å². The predicted octanol–water partition coefficient (Wildman–Crippen LogP) is 3.57. The number of hydrogen-bond acceptors (Lipinski definition) is 7. The Balaban J connectivity index is 1.93. The van der Waals surface area contributed by atoms with E-state index in [0.717, 1.165) is 48.3 Å². The van der Waals surface area contributed by atoms with Gasteiger partial charge in [-0.15, -0.1) is 0 Å². The Kier molecular flexibility index (Phi) is 6.77. The van der Waals surface area contributed by atoms with Gasteiger partial charge in [-0.25, -0.2) is 4.98 Å². The van der Waals surface area contributed by atoms with Crippen molar-refractivity contribution in [1.82, 2.24) is 25.1 Å². The fourth-order valence-corrected chi connectivity index (χ4v) is 3.24. The van der Waals surface area contributed by atoms with Crippen LogP contribution in [0.25, 0.3) is 11.0 Å². The minimum atomic E-state index is 0.0502. The maximum absolute atomic E-state index is 5.90. The second-order valence-corrected chi connectivity index (χ2v) is 8.50. The van der Waals surface area contributed by atoms with Gasteiger partial charge in [-0.05, 0) is 44.9 Å². The van der Waals surface area contributed by atoms with Crippen molar-refractivity contribution in [3.05, 3.63) is 35.5 Å². The first-order chi connectivity index (χ1) is 14.3. The predicted molar refractivity (Wildman–Crippen MR) is 122 cm³/mol. The van der Waals surface area contributed by atoms with Gasteiger partial charge in [-0.2, -0.15) is 10.1 Å². The molecule has 3 rings (SSSR count). The molecule has 8 heteroatoms. The van der Waals surface area contributed by atoms with Gasteiger partial charge < -0.3 is 21.1 Å². The summed E-state index contributed by atoms with van der Waals surface area (Å²) in [4.78, 5) is 8.76. The summed E-state index contributed by atoms with van der Waals surface area (Å²) < 4.78 is 7.51. The first-order valence-electron chi connectivity index (χ1n) is 10.4. The third kappa shape index (κ3) is 5.38. The van der Waals surface area contributed by atoms with Crippen molar-refractivity contribution in [3.63, 3.8) is 0 Å². The van der Waals surface area contributed by atoms with Crippen LogP contribution in [-0.4, -0.2) is 38.9 Å². The van der Waals surface area contributed by atoms with Gasteiger partial charge in [-0.3, -0.25) is 4.68 Å². The Morgan fingerprint density at radius 3 is 2.70 bits per heavy atom. The number of nitrogens with two attached hydrogens (primary N) is 1. The number of nitrogen functional groups attached to an aromatic ring is 1. The molecule has 162 valence electrons. The van der Waals surface area contributed by atoms with Crippen LogP contribution >= 0.6 is 0 Å². The molecule has 0 aliphatic rings. The highest BCUT2D eigenvalue weighted by atomic mass is 16.5. The molecule has 1 aromatic carbocycles. The van der Waals surface area contributed by atoms with E-state index in [1.807, 2.05) is 10.7 Å². The van der Waals surface area contributed by atoms with Gasteiger partial charge in [0.15, 0.2) is 5.82 Å². The van der Waals surface area contributed by atoms with Crippen LogP contribution < -0.4 is 21.1 Å². The number of nitrogens with zero attached hydrogens (tertiary/aromatic N) is 4. The number of ether oxygens (including phenoxy) is 1. The van der Waals surface area contributed by atoms with E-state index in [1.165, 1.54) is 5.56 Å². The molecule has 0 radical (unpaired) electrons. The Bertz CT molecular complexity index is 991. The maximum Gasteiger partial charge on any atom is 0.222 e. The Hall–Kier alpha value is -2.87. The molecular formula is C22H33N7O. The Morgan fingerprint density at radius 2 is 2.00 bits per heavy atom. The molecule has 0 amide bonds. The zero-order valence-corrected chi connectivity index (χ0v) is 18.6. The van der Waals surface area contributed by atoms with Gasteiger partial charge in [0.1, 0.15) is 16.8 Å². The molecule has 0 spiro atoms. The van der Waals surface area contributed by atoms with Crippen molar-refractivity contribution in [2.75, 3.05) is 24.7 Å². The largest absolute Gasteiger partial charge is 0.496 e. The van der Waals surface area contributed by atoms with Crippen molar-refractivity contribution in [1.29, 1.82) is 0 Å². The number of anilines is 2. The quantitative estimate of drug-likeness (QED) is 0.463.